The standard InChI is InChI=1S/C18H19Cl2N/c1-2-9-21-18-11-15(13-5-3-4-6-14(13)18)12-7-8-16(19)17(20)10-12/h3-8,10,15,18,21H,2,9,11H2,1H3/t15-,18+/m1/s1. The second kappa shape index (κ2) is 6.39. The minimum absolute atomic E-state index is 0.394. The summed E-state index contributed by atoms with van der Waals surface area (Å²) in [5, 5.41) is 4.91. The minimum atomic E-state index is 0.394. The summed E-state index contributed by atoms with van der Waals surface area (Å²) >= 11 is 12.2. The van der Waals surface area contributed by atoms with Gasteiger partial charge in [-0.3, -0.25) is 0 Å². The van der Waals surface area contributed by atoms with Crippen LogP contribution in [0.5, 0.6) is 0 Å². The van der Waals surface area contributed by atoms with Gasteiger partial charge in [-0.2, -0.15) is 0 Å². The molecule has 0 aromatic heterocycles. The molecule has 1 aliphatic rings. The van der Waals surface area contributed by atoms with Crippen LogP contribution in [0.2, 0.25) is 10.0 Å². The fourth-order valence-corrected chi connectivity index (χ4v) is 3.50. The van der Waals surface area contributed by atoms with Gasteiger partial charge in [0.15, 0.2) is 0 Å². The molecule has 0 unspecified atom stereocenters. The van der Waals surface area contributed by atoms with Crippen molar-refractivity contribution < 1.29 is 0 Å². The molecule has 1 nitrogen and oxygen atoms in total. The van der Waals surface area contributed by atoms with Gasteiger partial charge in [0.1, 0.15) is 0 Å². The van der Waals surface area contributed by atoms with Crippen LogP contribution in [0, 0.1) is 0 Å². The highest BCUT2D eigenvalue weighted by atomic mass is 35.5. The summed E-state index contributed by atoms with van der Waals surface area (Å²) in [5.41, 5.74) is 4.07. The lowest BCUT2D eigenvalue weighted by Crippen LogP contribution is -2.20. The van der Waals surface area contributed by atoms with Gasteiger partial charge < -0.3 is 5.32 Å². The van der Waals surface area contributed by atoms with Gasteiger partial charge in [0.2, 0.25) is 0 Å². The molecular weight excluding hydrogens is 301 g/mol. The Morgan fingerprint density at radius 3 is 2.52 bits per heavy atom. The second-order valence-electron chi connectivity index (χ2n) is 5.60. The van der Waals surface area contributed by atoms with Crippen LogP contribution in [0.3, 0.4) is 0 Å². The Morgan fingerprint density at radius 2 is 1.81 bits per heavy atom. The third kappa shape index (κ3) is 2.96. The highest BCUT2D eigenvalue weighted by Gasteiger charge is 2.31. The molecule has 0 aliphatic heterocycles. The van der Waals surface area contributed by atoms with E-state index in [2.05, 4.69) is 42.6 Å². The monoisotopic (exact) mass is 319 g/mol. The third-order valence-electron chi connectivity index (χ3n) is 4.21. The lowest BCUT2D eigenvalue weighted by atomic mass is 9.93. The van der Waals surface area contributed by atoms with E-state index in [1.807, 2.05) is 12.1 Å². The lowest BCUT2D eigenvalue weighted by Gasteiger charge is -2.14. The third-order valence-corrected chi connectivity index (χ3v) is 4.94. The van der Waals surface area contributed by atoms with Crippen molar-refractivity contribution in [2.75, 3.05) is 6.54 Å². The van der Waals surface area contributed by atoms with Gasteiger partial charge in [-0.25, -0.2) is 0 Å². The average Bonchev–Trinajstić information content (AvgIpc) is 2.87. The van der Waals surface area contributed by atoms with Crippen LogP contribution < -0.4 is 5.32 Å². The molecule has 0 radical (unpaired) electrons. The molecule has 0 bridgehead atoms. The van der Waals surface area contributed by atoms with Gasteiger partial charge in [0.25, 0.3) is 0 Å². The SMILES string of the molecule is CCCN[C@H]1C[C@H](c2ccc(Cl)c(Cl)c2)c2ccccc21. The Bertz CT molecular complexity index is 639. The van der Waals surface area contributed by atoms with Crippen LogP contribution in [-0.2, 0) is 0 Å². The van der Waals surface area contributed by atoms with Crippen molar-refractivity contribution in [3.8, 4) is 0 Å². The summed E-state index contributed by atoms with van der Waals surface area (Å²) in [6.45, 7) is 3.25. The van der Waals surface area contributed by atoms with Gasteiger partial charge >= 0.3 is 0 Å². The summed E-state index contributed by atoms with van der Waals surface area (Å²) in [6.07, 6.45) is 2.23. The molecule has 2 atom stereocenters. The molecule has 0 saturated heterocycles. The maximum Gasteiger partial charge on any atom is 0.0595 e. The average molecular weight is 320 g/mol. The molecule has 0 saturated carbocycles. The van der Waals surface area contributed by atoms with Gasteiger partial charge in [0.05, 0.1) is 10.0 Å². The lowest BCUT2D eigenvalue weighted by molar-refractivity contribution is 0.513. The van der Waals surface area contributed by atoms with Crippen molar-refractivity contribution in [3.05, 3.63) is 69.2 Å². The Morgan fingerprint density at radius 1 is 1.05 bits per heavy atom. The predicted molar refractivity (Wildman–Crippen MR) is 90.4 cm³/mol. The van der Waals surface area contributed by atoms with E-state index in [4.69, 9.17) is 23.2 Å². The summed E-state index contributed by atoms with van der Waals surface area (Å²) in [4.78, 5) is 0. The van der Waals surface area contributed by atoms with E-state index < -0.39 is 0 Å². The van der Waals surface area contributed by atoms with Crippen molar-refractivity contribution >= 4 is 23.2 Å². The molecule has 3 heteroatoms. The molecule has 110 valence electrons. The highest BCUT2D eigenvalue weighted by Crippen LogP contribution is 2.44. The molecule has 0 spiro atoms. The normalized spacial score (nSPS) is 20.5. The van der Waals surface area contributed by atoms with Crippen molar-refractivity contribution in [3.63, 3.8) is 0 Å². The van der Waals surface area contributed by atoms with Crippen LogP contribution in [0.1, 0.15) is 48.4 Å². The Hall–Kier alpha value is -1.02. The van der Waals surface area contributed by atoms with E-state index in [0.29, 0.717) is 22.0 Å². The van der Waals surface area contributed by atoms with Crippen molar-refractivity contribution in [1.82, 2.24) is 5.32 Å². The van der Waals surface area contributed by atoms with Crippen LogP contribution >= 0.6 is 23.2 Å². The molecule has 0 amide bonds. The molecule has 0 fully saturated rings. The summed E-state index contributed by atoms with van der Waals surface area (Å²) in [7, 11) is 0. The van der Waals surface area contributed by atoms with Crippen LogP contribution in [0.25, 0.3) is 0 Å². The summed E-state index contributed by atoms with van der Waals surface area (Å²) in [5.74, 6) is 0.394. The van der Waals surface area contributed by atoms with E-state index >= 15 is 0 Å². The number of benzene rings is 2. The van der Waals surface area contributed by atoms with Crippen LogP contribution in [0.4, 0.5) is 0 Å². The number of halogens is 2. The fourth-order valence-electron chi connectivity index (χ4n) is 3.19. The molecule has 21 heavy (non-hydrogen) atoms. The predicted octanol–water partition coefficient (Wildman–Crippen LogP) is 5.57. The van der Waals surface area contributed by atoms with Gasteiger partial charge in [-0.05, 0) is 48.2 Å². The molecule has 1 aliphatic carbocycles. The van der Waals surface area contributed by atoms with Gasteiger partial charge in [-0.1, -0.05) is 60.5 Å². The fraction of sp³-hybridized carbons (Fsp3) is 0.333. The number of hydrogen-bond acceptors (Lipinski definition) is 1. The van der Waals surface area contributed by atoms with Gasteiger partial charge in [0, 0.05) is 12.0 Å². The zero-order valence-electron chi connectivity index (χ0n) is 12.1. The van der Waals surface area contributed by atoms with E-state index in [1.54, 1.807) is 0 Å². The zero-order valence-corrected chi connectivity index (χ0v) is 13.6. The molecule has 2 aromatic rings. The minimum Gasteiger partial charge on any atom is -0.310 e. The largest absolute Gasteiger partial charge is 0.310 e. The maximum absolute atomic E-state index is 6.19. The Kier molecular flexibility index (Phi) is 4.54. The Labute approximate surface area is 136 Å². The van der Waals surface area contributed by atoms with Crippen LogP contribution in [0.15, 0.2) is 42.5 Å². The van der Waals surface area contributed by atoms with E-state index in [0.717, 1.165) is 19.4 Å². The topological polar surface area (TPSA) is 12.0 Å². The number of nitrogens with one attached hydrogen (secondary N) is 1. The quantitative estimate of drug-likeness (QED) is 0.776. The first-order valence-corrected chi connectivity index (χ1v) is 8.23. The highest BCUT2D eigenvalue weighted by molar-refractivity contribution is 6.42. The number of hydrogen-bond donors (Lipinski definition) is 1. The first-order valence-electron chi connectivity index (χ1n) is 7.48. The van der Waals surface area contributed by atoms with E-state index in [-0.39, 0.29) is 0 Å². The summed E-state index contributed by atoms with van der Waals surface area (Å²) < 4.78 is 0. The zero-order chi connectivity index (χ0) is 14.8. The second-order valence-corrected chi connectivity index (χ2v) is 6.41. The maximum atomic E-state index is 6.19. The van der Waals surface area contributed by atoms with Gasteiger partial charge in [-0.15, -0.1) is 0 Å². The molecule has 3 rings (SSSR count). The first kappa shape index (κ1) is 14.9. The molecule has 1 N–H and O–H groups in total. The number of fused-ring (bicyclic) bond motifs is 1. The van der Waals surface area contributed by atoms with Crippen LogP contribution in [-0.4, -0.2) is 6.54 Å². The Balaban J connectivity index is 1.95. The molecule has 0 heterocycles. The molecular formula is C18H19Cl2N. The molecule has 2 aromatic carbocycles. The van der Waals surface area contributed by atoms with E-state index in [9.17, 15) is 0 Å². The smallest absolute Gasteiger partial charge is 0.0595 e. The van der Waals surface area contributed by atoms with Crippen molar-refractivity contribution in [2.45, 2.75) is 31.7 Å². The first-order chi connectivity index (χ1) is 10.2. The summed E-state index contributed by atoms with van der Waals surface area (Å²) in [6, 6.07) is 15.1. The van der Waals surface area contributed by atoms with Crippen molar-refractivity contribution in [2.24, 2.45) is 0 Å². The van der Waals surface area contributed by atoms with E-state index in [1.165, 1.54) is 16.7 Å². The number of rotatable bonds is 4. The van der Waals surface area contributed by atoms with Crippen molar-refractivity contribution in [1.29, 1.82) is 0 Å².